The van der Waals surface area contributed by atoms with Crippen LogP contribution in [0.1, 0.15) is 158 Å². The summed E-state index contributed by atoms with van der Waals surface area (Å²) in [6, 6.07) is 68.7. The van der Waals surface area contributed by atoms with Crippen molar-refractivity contribution in [1.29, 1.82) is 0 Å². The quantitative estimate of drug-likeness (QED) is 0.149. The van der Waals surface area contributed by atoms with Gasteiger partial charge in [0.25, 0.3) is 6.71 Å². The van der Waals surface area contributed by atoms with Crippen molar-refractivity contribution in [3.8, 4) is 11.5 Å². The molecule has 12 rings (SSSR count). The maximum absolute atomic E-state index is 7.45. The molecule has 0 aliphatic carbocycles. The molecule has 0 fully saturated rings. The van der Waals surface area contributed by atoms with Gasteiger partial charge < -0.3 is 23.9 Å². The van der Waals surface area contributed by atoms with E-state index < -0.39 is 0 Å². The minimum atomic E-state index is -0.132. The molecule has 2 aliphatic rings. The molecule has 0 amide bonds. The molecule has 1 aromatic heterocycles. The first kappa shape index (κ1) is 56.5. The minimum absolute atomic E-state index is 0.00789. The Morgan fingerprint density at radius 1 is 0.345 bits per heavy atom. The molecule has 0 saturated heterocycles. The Bertz CT molecular complexity index is 4030. The van der Waals surface area contributed by atoms with Crippen molar-refractivity contribution in [2.45, 2.75) is 157 Å². The second-order valence-corrected chi connectivity index (χ2v) is 30.0. The van der Waals surface area contributed by atoms with Gasteiger partial charge >= 0.3 is 0 Å². The number of nitrogens with zero attached hydrogens (tertiary/aromatic N) is 3. The van der Waals surface area contributed by atoms with E-state index in [1.54, 1.807) is 0 Å². The molecule has 84 heavy (non-hydrogen) atoms. The van der Waals surface area contributed by atoms with Gasteiger partial charge in [0.2, 0.25) is 0 Å². The summed E-state index contributed by atoms with van der Waals surface area (Å²) in [7, 11) is 0. The number of anilines is 9. The first-order valence-corrected chi connectivity index (χ1v) is 30.3. The molecule has 0 saturated carbocycles. The van der Waals surface area contributed by atoms with Crippen LogP contribution in [-0.4, -0.2) is 6.71 Å². The lowest BCUT2D eigenvalue weighted by Crippen LogP contribution is -2.60. The van der Waals surface area contributed by atoms with Crippen molar-refractivity contribution < 1.29 is 9.15 Å². The fraction of sp³-hybridized carbons (Fsp3) is 0.308. The van der Waals surface area contributed by atoms with E-state index in [-0.39, 0.29) is 39.2 Å². The number of hydrogen-bond acceptors (Lipinski definition) is 5. The Kier molecular flexibility index (Phi) is 13.3. The highest BCUT2D eigenvalue weighted by molar-refractivity contribution is 6.99. The Morgan fingerprint density at radius 3 is 1.24 bits per heavy atom. The second-order valence-electron chi connectivity index (χ2n) is 30.0. The highest BCUT2D eigenvalue weighted by Crippen LogP contribution is 2.52. The van der Waals surface area contributed by atoms with Gasteiger partial charge in [-0.2, -0.15) is 0 Å². The Hall–Kier alpha value is -7.96. The topological polar surface area (TPSA) is 32.1 Å². The van der Waals surface area contributed by atoms with E-state index >= 15 is 0 Å². The van der Waals surface area contributed by atoms with Gasteiger partial charge in [0.15, 0.2) is 5.58 Å². The van der Waals surface area contributed by atoms with E-state index in [1.165, 1.54) is 44.3 Å². The summed E-state index contributed by atoms with van der Waals surface area (Å²) in [5.74, 6) is 1.73. The SMILES string of the molecule is CC(C)(C)c1ccc(N(c2ccc(C(C)(C)C)cc2)c2cc3c4c(c2)N(c2ccc(N(c5ccc(C(C)(C)C)cc5)c5ccc(C(C)(C)C)cc5)c5oc6ccccc6c25)c2ccc(C(C)(C)C)cc2B4c2cc(C(C)(C)C)ccc2O3)cc1. The van der Waals surface area contributed by atoms with Crippen molar-refractivity contribution in [2.24, 2.45) is 0 Å². The summed E-state index contributed by atoms with van der Waals surface area (Å²) in [5.41, 5.74) is 22.1. The van der Waals surface area contributed by atoms with Crippen LogP contribution < -0.4 is 35.8 Å². The van der Waals surface area contributed by atoms with Gasteiger partial charge in [-0.1, -0.05) is 216 Å². The number of para-hydroxylation sites is 1. The minimum Gasteiger partial charge on any atom is -0.458 e. The average molecular weight is 1110 g/mol. The standard InChI is InChI=1S/C78H84BN3O2/c1-73(2,3)49-23-33-55(34-24-49)80(56-35-25-50(26-36-56)74(4,5)6)59-47-66-71-69(48-59)83-68-44-32-54(78(16,17)18)46-62(68)79(71)61-45-53(77(13,14)15)31-41-63(61)82(66)64-42-43-65(72-70(64)60-21-19-20-22-67(60)84-72)81(57-37-27-51(28-38-57)75(7,8)9)58-39-29-52(30-40-58)76(10,11)12/h19-48H,1-18H3. The van der Waals surface area contributed by atoms with Gasteiger partial charge in [-0.15, -0.1) is 0 Å². The van der Waals surface area contributed by atoms with Crippen LogP contribution in [0.2, 0.25) is 0 Å². The van der Waals surface area contributed by atoms with Crippen LogP contribution >= 0.6 is 0 Å². The molecule has 0 radical (unpaired) electrons. The zero-order chi connectivity index (χ0) is 59.8. The third kappa shape index (κ3) is 10.1. The van der Waals surface area contributed by atoms with E-state index in [1.807, 2.05) is 0 Å². The first-order chi connectivity index (χ1) is 39.4. The van der Waals surface area contributed by atoms with Crippen molar-refractivity contribution in [1.82, 2.24) is 0 Å². The molecule has 0 bridgehead atoms. The lowest BCUT2D eigenvalue weighted by molar-refractivity contribution is 0.486. The first-order valence-electron chi connectivity index (χ1n) is 30.3. The van der Waals surface area contributed by atoms with Crippen molar-refractivity contribution >= 4 is 96.2 Å². The van der Waals surface area contributed by atoms with Crippen LogP contribution in [0, 0.1) is 0 Å². The van der Waals surface area contributed by atoms with Crippen LogP contribution in [-0.2, 0) is 32.5 Å². The smallest absolute Gasteiger partial charge is 0.256 e. The van der Waals surface area contributed by atoms with Crippen LogP contribution in [0.25, 0.3) is 21.9 Å². The van der Waals surface area contributed by atoms with Crippen molar-refractivity contribution in [3.05, 3.63) is 215 Å². The monoisotopic (exact) mass is 1110 g/mol. The molecule has 0 atom stereocenters. The Morgan fingerprint density at radius 2 is 0.762 bits per heavy atom. The molecule has 2 aliphatic heterocycles. The predicted octanol–water partition coefficient (Wildman–Crippen LogP) is 20.7. The maximum Gasteiger partial charge on any atom is 0.256 e. The van der Waals surface area contributed by atoms with Gasteiger partial charge in [0.1, 0.15) is 17.1 Å². The lowest BCUT2D eigenvalue weighted by Gasteiger charge is -2.42. The fourth-order valence-electron chi connectivity index (χ4n) is 12.5. The normalized spacial score (nSPS) is 13.6. The summed E-state index contributed by atoms with van der Waals surface area (Å²) in [6.45, 7) is 41.1. The number of ether oxygens (including phenoxy) is 1. The van der Waals surface area contributed by atoms with Gasteiger partial charge in [0.05, 0.1) is 22.4 Å². The zero-order valence-corrected chi connectivity index (χ0v) is 53.1. The van der Waals surface area contributed by atoms with Gasteiger partial charge in [0, 0.05) is 45.6 Å². The summed E-state index contributed by atoms with van der Waals surface area (Å²) in [5, 5.41) is 2.08. The van der Waals surface area contributed by atoms with Gasteiger partial charge in [-0.05, 0) is 167 Å². The molecular formula is C78H84BN3O2. The number of benzene rings is 9. The van der Waals surface area contributed by atoms with Crippen LogP contribution in [0.5, 0.6) is 11.5 Å². The maximum atomic E-state index is 7.45. The second kappa shape index (κ2) is 19.8. The van der Waals surface area contributed by atoms with Crippen molar-refractivity contribution in [2.75, 3.05) is 14.7 Å². The largest absolute Gasteiger partial charge is 0.458 e. The van der Waals surface area contributed by atoms with E-state index in [2.05, 4.69) is 321 Å². The molecule has 10 aromatic rings. The van der Waals surface area contributed by atoms with Gasteiger partial charge in [-0.25, -0.2) is 0 Å². The number of rotatable bonds is 7. The van der Waals surface area contributed by atoms with E-state index in [4.69, 9.17) is 9.15 Å². The lowest BCUT2D eigenvalue weighted by atomic mass is 9.33. The molecule has 9 aromatic carbocycles. The van der Waals surface area contributed by atoms with E-state index in [0.717, 1.165) is 90.1 Å². The van der Waals surface area contributed by atoms with Gasteiger partial charge in [-0.3, -0.25) is 0 Å². The van der Waals surface area contributed by atoms with Crippen LogP contribution in [0.4, 0.5) is 51.2 Å². The number of hydrogen-bond donors (Lipinski definition) is 0. The molecule has 3 heterocycles. The Balaban J connectivity index is 1.17. The molecule has 6 heteroatoms. The third-order valence-corrected chi connectivity index (χ3v) is 17.7. The molecule has 0 N–H and O–H groups in total. The fourth-order valence-corrected chi connectivity index (χ4v) is 12.5. The molecular weight excluding hydrogens is 1020 g/mol. The summed E-state index contributed by atoms with van der Waals surface area (Å²) in [4.78, 5) is 7.35. The highest BCUT2D eigenvalue weighted by atomic mass is 16.5. The third-order valence-electron chi connectivity index (χ3n) is 17.7. The molecule has 426 valence electrons. The van der Waals surface area contributed by atoms with Crippen molar-refractivity contribution in [3.63, 3.8) is 0 Å². The average Bonchev–Trinajstić information content (AvgIpc) is 1.05. The summed E-state index contributed by atoms with van der Waals surface area (Å²) >= 11 is 0. The molecule has 0 unspecified atom stereocenters. The predicted molar refractivity (Wildman–Crippen MR) is 361 cm³/mol. The van der Waals surface area contributed by atoms with Crippen LogP contribution in [0.3, 0.4) is 0 Å². The van der Waals surface area contributed by atoms with Crippen LogP contribution in [0.15, 0.2) is 186 Å². The summed E-state index contributed by atoms with van der Waals surface area (Å²) in [6.07, 6.45) is 0. The van der Waals surface area contributed by atoms with E-state index in [9.17, 15) is 0 Å². The highest BCUT2D eigenvalue weighted by Gasteiger charge is 2.44. The number of furan rings is 1. The number of fused-ring (bicyclic) bond motifs is 7. The zero-order valence-electron chi connectivity index (χ0n) is 53.1. The molecule has 0 spiro atoms. The molecule has 5 nitrogen and oxygen atoms in total. The Labute approximate surface area is 501 Å². The van der Waals surface area contributed by atoms with E-state index in [0.29, 0.717) is 0 Å². The summed E-state index contributed by atoms with van der Waals surface area (Å²) < 4.78 is 14.8.